The zero-order chi connectivity index (χ0) is 12.6. The highest BCUT2D eigenvalue weighted by molar-refractivity contribution is 7.89. The van der Waals surface area contributed by atoms with Gasteiger partial charge < -0.3 is 9.84 Å². The first kappa shape index (κ1) is 15.3. The van der Waals surface area contributed by atoms with E-state index >= 15 is 0 Å². The summed E-state index contributed by atoms with van der Waals surface area (Å²) in [6, 6.07) is 0. The van der Waals surface area contributed by atoms with E-state index < -0.39 is 16.0 Å². The van der Waals surface area contributed by atoms with Gasteiger partial charge in [0.1, 0.15) is 0 Å². The van der Waals surface area contributed by atoms with Crippen LogP contribution in [0.3, 0.4) is 0 Å². The zero-order valence-corrected chi connectivity index (χ0v) is 10.5. The van der Waals surface area contributed by atoms with Gasteiger partial charge >= 0.3 is 5.97 Å². The van der Waals surface area contributed by atoms with Crippen LogP contribution in [0, 0.1) is 0 Å². The molecule has 0 spiro atoms. The minimum absolute atomic E-state index is 0.126. The van der Waals surface area contributed by atoms with Crippen molar-refractivity contribution in [2.75, 3.05) is 32.6 Å². The van der Waals surface area contributed by atoms with Crippen LogP contribution < -0.4 is 0 Å². The summed E-state index contributed by atoms with van der Waals surface area (Å²) in [5, 5.41) is 8.39. The van der Waals surface area contributed by atoms with Gasteiger partial charge in [0.15, 0.2) is 0 Å². The third-order valence-corrected chi connectivity index (χ3v) is 3.96. The van der Waals surface area contributed by atoms with Crippen LogP contribution in [0.1, 0.15) is 19.8 Å². The SMILES string of the molecule is CCOCCN(C)S(=O)(=O)CCCC(=O)O. The molecule has 0 aliphatic rings. The minimum Gasteiger partial charge on any atom is -0.481 e. The lowest BCUT2D eigenvalue weighted by Crippen LogP contribution is -2.32. The van der Waals surface area contributed by atoms with Gasteiger partial charge in [0, 0.05) is 26.6 Å². The van der Waals surface area contributed by atoms with Crippen LogP contribution in [0.4, 0.5) is 0 Å². The van der Waals surface area contributed by atoms with Crippen LogP contribution in [-0.2, 0) is 19.6 Å². The van der Waals surface area contributed by atoms with Gasteiger partial charge in [-0.2, -0.15) is 0 Å². The van der Waals surface area contributed by atoms with Gasteiger partial charge in [0.05, 0.1) is 12.4 Å². The van der Waals surface area contributed by atoms with Gasteiger partial charge in [-0.15, -0.1) is 0 Å². The first-order valence-electron chi connectivity index (χ1n) is 5.13. The summed E-state index contributed by atoms with van der Waals surface area (Å²) < 4.78 is 29.4. The molecule has 0 saturated heterocycles. The van der Waals surface area contributed by atoms with Crippen LogP contribution in [0.15, 0.2) is 0 Å². The van der Waals surface area contributed by atoms with E-state index in [9.17, 15) is 13.2 Å². The van der Waals surface area contributed by atoms with Crippen molar-refractivity contribution in [3.8, 4) is 0 Å². The first-order chi connectivity index (χ1) is 7.40. The molecule has 7 heteroatoms. The third-order valence-electron chi connectivity index (χ3n) is 2.02. The van der Waals surface area contributed by atoms with Crippen LogP contribution in [0.25, 0.3) is 0 Å². The quantitative estimate of drug-likeness (QED) is 0.591. The van der Waals surface area contributed by atoms with Crippen LogP contribution in [0.5, 0.6) is 0 Å². The lowest BCUT2D eigenvalue weighted by molar-refractivity contribution is -0.137. The van der Waals surface area contributed by atoms with Crippen molar-refractivity contribution in [1.29, 1.82) is 0 Å². The van der Waals surface area contributed by atoms with Crippen LogP contribution >= 0.6 is 0 Å². The molecule has 0 aliphatic heterocycles. The summed E-state index contributed by atoms with van der Waals surface area (Å²) >= 11 is 0. The van der Waals surface area contributed by atoms with Gasteiger partial charge in [-0.25, -0.2) is 12.7 Å². The highest BCUT2D eigenvalue weighted by atomic mass is 32.2. The van der Waals surface area contributed by atoms with Crippen molar-refractivity contribution in [2.24, 2.45) is 0 Å². The molecular weight excluding hydrogens is 234 g/mol. The smallest absolute Gasteiger partial charge is 0.303 e. The average molecular weight is 253 g/mol. The topological polar surface area (TPSA) is 83.9 Å². The Bertz CT molecular complexity index is 301. The summed E-state index contributed by atoms with van der Waals surface area (Å²) in [6.07, 6.45) is 0.00910. The molecule has 0 aromatic heterocycles. The van der Waals surface area contributed by atoms with Crippen molar-refractivity contribution in [2.45, 2.75) is 19.8 Å². The fourth-order valence-electron chi connectivity index (χ4n) is 1.04. The van der Waals surface area contributed by atoms with Crippen molar-refractivity contribution in [3.05, 3.63) is 0 Å². The number of hydrogen-bond acceptors (Lipinski definition) is 4. The number of carboxylic acids is 1. The number of hydrogen-bond donors (Lipinski definition) is 1. The molecule has 0 bridgehead atoms. The highest BCUT2D eigenvalue weighted by Crippen LogP contribution is 2.02. The molecule has 0 aliphatic carbocycles. The van der Waals surface area contributed by atoms with Gasteiger partial charge in [-0.1, -0.05) is 0 Å². The van der Waals surface area contributed by atoms with E-state index in [1.54, 1.807) is 0 Å². The fourth-order valence-corrected chi connectivity index (χ4v) is 2.21. The second-order valence-corrected chi connectivity index (χ2v) is 5.53. The molecule has 0 radical (unpaired) electrons. The summed E-state index contributed by atoms with van der Waals surface area (Å²) in [5.41, 5.74) is 0. The number of carboxylic acid groups (broad SMARTS) is 1. The number of aliphatic carboxylic acids is 1. The van der Waals surface area contributed by atoms with Crippen LogP contribution in [0.2, 0.25) is 0 Å². The Morgan fingerprint density at radius 3 is 2.56 bits per heavy atom. The largest absolute Gasteiger partial charge is 0.481 e. The Labute approximate surface area is 96.2 Å². The molecule has 0 heterocycles. The highest BCUT2D eigenvalue weighted by Gasteiger charge is 2.17. The molecule has 0 amide bonds. The molecule has 0 atom stereocenters. The predicted molar refractivity (Wildman–Crippen MR) is 59.8 cm³/mol. The number of likely N-dealkylation sites (N-methyl/N-ethyl adjacent to an activating group) is 1. The number of carbonyl (C=O) groups is 1. The van der Waals surface area contributed by atoms with E-state index in [4.69, 9.17) is 9.84 Å². The molecule has 0 unspecified atom stereocenters. The van der Waals surface area contributed by atoms with Crippen LogP contribution in [-0.4, -0.2) is 56.4 Å². The third kappa shape index (κ3) is 6.76. The summed E-state index contributed by atoms with van der Waals surface area (Å²) in [6.45, 7) is 3.03. The molecule has 1 N–H and O–H groups in total. The Morgan fingerprint density at radius 1 is 1.44 bits per heavy atom. The Morgan fingerprint density at radius 2 is 2.06 bits per heavy atom. The number of rotatable bonds is 9. The average Bonchev–Trinajstić information content (AvgIpc) is 2.17. The van der Waals surface area contributed by atoms with Gasteiger partial charge in [0.25, 0.3) is 0 Å². The Balaban J connectivity index is 3.96. The van der Waals surface area contributed by atoms with E-state index in [-0.39, 0.29) is 18.6 Å². The lowest BCUT2D eigenvalue weighted by Gasteiger charge is -2.16. The number of nitrogens with zero attached hydrogens (tertiary/aromatic N) is 1. The summed E-state index contributed by atoms with van der Waals surface area (Å²) in [7, 11) is -1.88. The maximum Gasteiger partial charge on any atom is 0.303 e. The van der Waals surface area contributed by atoms with E-state index in [0.717, 1.165) is 0 Å². The van der Waals surface area contributed by atoms with Crippen molar-refractivity contribution < 1.29 is 23.1 Å². The molecule has 0 aromatic rings. The molecule has 6 nitrogen and oxygen atoms in total. The van der Waals surface area contributed by atoms with Crippen molar-refractivity contribution >= 4 is 16.0 Å². The van der Waals surface area contributed by atoms with E-state index in [0.29, 0.717) is 19.8 Å². The normalized spacial score (nSPS) is 11.9. The molecule has 0 aromatic carbocycles. The predicted octanol–water partition coefficient (Wildman–Crippen LogP) is 0.149. The molecular formula is C9H19NO5S. The van der Waals surface area contributed by atoms with E-state index in [1.165, 1.54) is 11.4 Å². The second-order valence-electron chi connectivity index (χ2n) is 3.33. The molecule has 0 saturated carbocycles. The molecule has 96 valence electrons. The molecule has 0 fully saturated rings. The molecule has 0 rings (SSSR count). The Kier molecular flexibility index (Phi) is 7.27. The first-order valence-corrected chi connectivity index (χ1v) is 6.74. The maximum absolute atomic E-state index is 11.6. The van der Waals surface area contributed by atoms with E-state index in [2.05, 4.69) is 0 Å². The Hall–Kier alpha value is -0.660. The van der Waals surface area contributed by atoms with Crippen molar-refractivity contribution in [1.82, 2.24) is 4.31 Å². The minimum atomic E-state index is -3.35. The monoisotopic (exact) mass is 253 g/mol. The lowest BCUT2D eigenvalue weighted by atomic mass is 10.3. The number of sulfonamides is 1. The molecule has 16 heavy (non-hydrogen) atoms. The van der Waals surface area contributed by atoms with Gasteiger partial charge in [0.2, 0.25) is 10.0 Å². The summed E-state index contributed by atoms with van der Waals surface area (Å²) in [4.78, 5) is 10.2. The summed E-state index contributed by atoms with van der Waals surface area (Å²) in [5.74, 6) is -1.12. The van der Waals surface area contributed by atoms with Gasteiger partial charge in [-0.3, -0.25) is 4.79 Å². The van der Waals surface area contributed by atoms with Gasteiger partial charge in [-0.05, 0) is 13.3 Å². The number of ether oxygens (including phenoxy) is 1. The second kappa shape index (κ2) is 7.59. The van der Waals surface area contributed by atoms with Crippen molar-refractivity contribution in [3.63, 3.8) is 0 Å². The van der Waals surface area contributed by atoms with E-state index in [1.807, 2.05) is 6.92 Å². The maximum atomic E-state index is 11.6. The fraction of sp³-hybridized carbons (Fsp3) is 0.889. The standard InChI is InChI=1S/C9H19NO5S/c1-3-15-7-6-10(2)16(13,14)8-4-5-9(11)12/h3-8H2,1-2H3,(H,11,12). The zero-order valence-electron chi connectivity index (χ0n) is 9.68.